The number of nitrogens with zero attached hydrogens (tertiary/aromatic N) is 1. The standard InChI is InChI=1S/C14H17FN2O2S.ClH/c15-9-2-1-3-10(6-9)20(18,19)17-13-4-5-14(17)12-8-16-7-11(12)13;/h1-3,6,11-14,16H,4-5,7-8H2;1H/t11-,12+,13-,14+;. The van der Waals surface area contributed by atoms with E-state index in [9.17, 15) is 12.8 Å². The third kappa shape index (κ3) is 2.11. The normalized spacial score (nSPS) is 34.7. The van der Waals surface area contributed by atoms with E-state index in [2.05, 4.69) is 5.32 Å². The predicted octanol–water partition coefficient (Wildman–Crippen LogP) is 1.62. The average Bonchev–Trinajstić information content (AvgIpc) is 3.10. The fourth-order valence-corrected chi connectivity index (χ4v) is 6.31. The maximum absolute atomic E-state index is 13.3. The third-order valence-electron chi connectivity index (χ3n) is 5.08. The van der Waals surface area contributed by atoms with E-state index in [1.807, 2.05) is 0 Å². The second-order valence-electron chi connectivity index (χ2n) is 5.99. The van der Waals surface area contributed by atoms with Crippen molar-refractivity contribution in [2.45, 2.75) is 29.8 Å². The number of rotatable bonds is 2. The number of fused-ring (bicyclic) bond motifs is 5. The van der Waals surface area contributed by atoms with Crippen LogP contribution in [0.25, 0.3) is 0 Å². The Bertz CT molecular complexity index is 636. The first kappa shape index (κ1) is 15.2. The number of sulfonamides is 1. The van der Waals surface area contributed by atoms with Crippen LogP contribution < -0.4 is 5.32 Å². The van der Waals surface area contributed by atoms with E-state index in [1.165, 1.54) is 18.2 Å². The minimum atomic E-state index is -3.57. The minimum Gasteiger partial charge on any atom is -0.316 e. The molecule has 3 aliphatic heterocycles. The molecule has 1 N–H and O–H groups in total. The predicted molar refractivity (Wildman–Crippen MR) is 79.3 cm³/mol. The molecular formula is C14H18ClFN2O2S. The van der Waals surface area contributed by atoms with Gasteiger partial charge < -0.3 is 5.32 Å². The van der Waals surface area contributed by atoms with Crippen molar-refractivity contribution in [2.24, 2.45) is 11.8 Å². The van der Waals surface area contributed by atoms with E-state index in [0.717, 1.165) is 32.0 Å². The molecule has 0 unspecified atom stereocenters. The zero-order valence-corrected chi connectivity index (χ0v) is 13.0. The van der Waals surface area contributed by atoms with Crippen LogP contribution >= 0.6 is 12.4 Å². The number of halogens is 2. The molecule has 4 rings (SSSR count). The van der Waals surface area contributed by atoms with Crippen molar-refractivity contribution < 1.29 is 12.8 Å². The highest BCUT2D eigenvalue weighted by molar-refractivity contribution is 7.89. The molecule has 0 spiro atoms. The lowest BCUT2D eigenvalue weighted by Gasteiger charge is -2.24. The van der Waals surface area contributed by atoms with Gasteiger partial charge in [0.25, 0.3) is 0 Å². The van der Waals surface area contributed by atoms with Gasteiger partial charge >= 0.3 is 0 Å². The van der Waals surface area contributed by atoms with Gasteiger partial charge in [-0.15, -0.1) is 12.4 Å². The zero-order chi connectivity index (χ0) is 13.9. The topological polar surface area (TPSA) is 49.4 Å². The fourth-order valence-electron chi connectivity index (χ4n) is 4.32. The Kier molecular flexibility index (Phi) is 3.76. The van der Waals surface area contributed by atoms with E-state index in [4.69, 9.17) is 0 Å². The summed E-state index contributed by atoms with van der Waals surface area (Å²) >= 11 is 0. The Labute approximate surface area is 130 Å². The van der Waals surface area contributed by atoms with Crippen LogP contribution in [0.5, 0.6) is 0 Å². The van der Waals surface area contributed by atoms with Crippen molar-refractivity contribution in [3.63, 3.8) is 0 Å². The van der Waals surface area contributed by atoms with Crippen LogP contribution in [0.15, 0.2) is 29.2 Å². The van der Waals surface area contributed by atoms with E-state index in [1.54, 1.807) is 4.31 Å². The van der Waals surface area contributed by atoms with Gasteiger partial charge in [-0.25, -0.2) is 12.8 Å². The van der Waals surface area contributed by atoms with Gasteiger partial charge in [0.15, 0.2) is 0 Å². The molecule has 0 aliphatic carbocycles. The maximum Gasteiger partial charge on any atom is 0.243 e. The third-order valence-corrected chi connectivity index (χ3v) is 7.03. The number of hydrogen-bond acceptors (Lipinski definition) is 3. The fraction of sp³-hybridized carbons (Fsp3) is 0.571. The molecule has 0 aromatic heterocycles. The first-order valence-corrected chi connectivity index (χ1v) is 8.53. The molecule has 4 atom stereocenters. The molecule has 2 bridgehead atoms. The summed E-state index contributed by atoms with van der Waals surface area (Å²) in [7, 11) is -3.57. The largest absolute Gasteiger partial charge is 0.316 e. The molecule has 0 radical (unpaired) electrons. The lowest BCUT2D eigenvalue weighted by molar-refractivity contribution is 0.354. The van der Waals surface area contributed by atoms with E-state index in [0.29, 0.717) is 11.8 Å². The molecule has 0 amide bonds. The quantitative estimate of drug-likeness (QED) is 0.895. The first-order valence-electron chi connectivity index (χ1n) is 7.09. The van der Waals surface area contributed by atoms with Crippen molar-refractivity contribution in [1.29, 1.82) is 0 Å². The first-order chi connectivity index (χ1) is 9.59. The number of benzene rings is 1. The summed E-state index contributed by atoms with van der Waals surface area (Å²) < 4.78 is 40.6. The summed E-state index contributed by atoms with van der Waals surface area (Å²) in [6.07, 6.45) is 1.87. The molecule has 3 fully saturated rings. The Morgan fingerprint density at radius 1 is 1.14 bits per heavy atom. The highest BCUT2D eigenvalue weighted by atomic mass is 35.5. The lowest BCUT2D eigenvalue weighted by atomic mass is 9.82. The van der Waals surface area contributed by atoms with E-state index < -0.39 is 15.8 Å². The highest BCUT2D eigenvalue weighted by Gasteiger charge is 2.58. The zero-order valence-electron chi connectivity index (χ0n) is 11.4. The summed E-state index contributed by atoms with van der Waals surface area (Å²) in [6, 6.07) is 5.53. The second kappa shape index (κ2) is 5.19. The summed E-state index contributed by atoms with van der Waals surface area (Å²) in [5.41, 5.74) is 0. The minimum absolute atomic E-state index is 0. The molecule has 3 aliphatic rings. The molecule has 7 heteroatoms. The van der Waals surface area contributed by atoms with Crippen LogP contribution in [0.4, 0.5) is 4.39 Å². The van der Waals surface area contributed by atoms with Gasteiger partial charge in [-0.1, -0.05) is 6.07 Å². The highest BCUT2D eigenvalue weighted by Crippen LogP contribution is 2.49. The van der Waals surface area contributed by atoms with Crippen molar-refractivity contribution in [3.05, 3.63) is 30.1 Å². The molecular weight excluding hydrogens is 315 g/mol. The van der Waals surface area contributed by atoms with Crippen LogP contribution in [-0.2, 0) is 10.0 Å². The second-order valence-corrected chi connectivity index (χ2v) is 7.83. The number of nitrogens with one attached hydrogen (secondary N) is 1. The molecule has 3 heterocycles. The van der Waals surface area contributed by atoms with Crippen LogP contribution in [-0.4, -0.2) is 37.9 Å². The van der Waals surface area contributed by atoms with Crippen LogP contribution in [0.2, 0.25) is 0 Å². The van der Waals surface area contributed by atoms with Gasteiger partial charge in [0, 0.05) is 12.1 Å². The monoisotopic (exact) mass is 332 g/mol. The summed E-state index contributed by atoms with van der Waals surface area (Å²) in [5, 5.41) is 3.36. The molecule has 21 heavy (non-hydrogen) atoms. The number of hydrogen-bond donors (Lipinski definition) is 1. The van der Waals surface area contributed by atoms with Crippen molar-refractivity contribution in [3.8, 4) is 0 Å². The van der Waals surface area contributed by atoms with Gasteiger partial charge in [-0.3, -0.25) is 0 Å². The van der Waals surface area contributed by atoms with Crippen molar-refractivity contribution >= 4 is 22.4 Å². The van der Waals surface area contributed by atoms with E-state index in [-0.39, 0.29) is 29.4 Å². The SMILES string of the molecule is Cl.O=S(=O)(c1cccc(F)c1)N1[C@@H]2CC[C@H]1[C@H]1CNC[C@H]12. The summed E-state index contributed by atoms with van der Waals surface area (Å²) in [4.78, 5) is 0.0855. The molecule has 3 saturated heterocycles. The summed E-state index contributed by atoms with van der Waals surface area (Å²) in [5.74, 6) is 0.355. The van der Waals surface area contributed by atoms with Crippen LogP contribution in [0.1, 0.15) is 12.8 Å². The van der Waals surface area contributed by atoms with Crippen molar-refractivity contribution in [1.82, 2.24) is 9.62 Å². The molecule has 1 aromatic rings. The summed E-state index contributed by atoms with van der Waals surface area (Å²) in [6.45, 7) is 1.81. The van der Waals surface area contributed by atoms with Crippen LogP contribution in [0.3, 0.4) is 0 Å². The van der Waals surface area contributed by atoms with E-state index >= 15 is 0 Å². The Morgan fingerprint density at radius 3 is 2.33 bits per heavy atom. The van der Waals surface area contributed by atoms with Gasteiger partial charge in [-0.05, 0) is 56.0 Å². The smallest absolute Gasteiger partial charge is 0.243 e. The lowest BCUT2D eigenvalue weighted by Crippen LogP contribution is -2.39. The molecule has 0 saturated carbocycles. The molecule has 116 valence electrons. The maximum atomic E-state index is 13.3. The van der Waals surface area contributed by atoms with Gasteiger partial charge in [0.05, 0.1) is 4.90 Å². The Hall–Kier alpha value is -0.690. The van der Waals surface area contributed by atoms with Crippen LogP contribution in [0, 0.1) is 17.7 Å². The van der Waals surface area contributed by atoms with Gasteiger partial charge in [-0.2, -0.15) is 4.31 Å². The molecule has 1 aromatic carbocycles. The molecule has 4 nitrogen and oxygen atoms in total. The average molecular weight is 333 g/mol. The Balaban J connectivity index is 0.00000132. The van der Waals surface area contributed by atoms with Gasteiger partial charge in [0.1, 0.15) is 5.82 Å². The van der Waals surface area contributed by atoms with Gasteiger partial charge in [0.2, 0.25) is 10.0 Å². The Morgan fingerprint density at radius 2 is 1.76 bits per heavy atom. The van der Waals surface area contributed by atoms with Crippen molar-refractivity contribution in [2.75, 3.05) is 13.1 Å².